The van der Waals surface area contributed by atoms with E-state index in [1.807, 2.05) is 43.3 Å². The third kappa shape index (κ3) is 6.33. The van der Waals surface area contributed by atoms with E-state index in [0.717, 1.165) is 33.8 Å². The van der Waals surface area contributed by atoms with Gasteiger partial charge in [-0.05, 0) is 68.5 Å². The van der Waals surface area contributed by atoms with E-state index < -0.39 is 0 Å². The summed E-state index contributed by atoms with van der Waals surface area (Å²) in [4.78, 5) is 25.5. The Morgan fingerprint density at radius 2 is 1.97 bits per heavy atom. The Kier molecular flexibility index (Phi) is 7.96. The molecule has 170 valence electrons. The maximum atomic E-state index is 13.3. The van der Waals surface area contributed by atoms with Crippen molar-refractivity contribution in [3.63, 3.8) is 0 Å². The van der Waals surface area contributed by atoms with Gasteiger partial charge >= 0.3 is 0 Å². The molecular weight excluding hydrogens is 450 g/mol. The molecule has 0 aliphatic carbocycles. The first-order chi connectivity index (χ1) is 16.1. The fraction of sp³-hybridized carbons (Fsp3) is 0.269. The van der Waals surface area contributed by atoms with E-state index in [0.29, 0.717) is 24.7 Å². The maximum absolute atomic E-state index is 13.3. The van der Waals surface area contributed by atoms with E-state index in [9.17, 15) is 4.79 Å². The monoisotopic (exact) mass is 477 g/mol. The number of carbonyl (C=O) groups excluding carboxylic acids is 1. The molecule has 2 aromatic carbocycles. The molecule has 4 aromatic rings. The van der Waals surface area contributed by atoms with Crippen LogP contribution < -0.4 is 9.64 Å². The number of thioether (sulfide) groups is 1. The van der Waals surface area contributed by atoms with Gasteiger partial charge in [0.15, 0.2) is 5.13 Å². The lowest BCUT2D eigenvalue weighted by molar-refractivity contribution is -0.118. The molecule has 33 heavy (non-hydrogen) atoms. The van der Waals surface area contributed by atoms with Gasteiger partial charge in [0, 0.05) is 17.5 Å². The van der Waals surface area contributed by atoms with Crippen molar-refractivity contribution in [3.05, 3.63) is 78.1 Å². The zero-order valence-corrected chi connectivity index (χ0v) is 20.5. The second-order valence-electron chi connectivity index (χ2n) is 7.63. The van der Waals surface area contributed by atoms with Crippen LogP contribution in [0, 0.1) is 6.92 Å². The van der Waals surface area contributed by atoms with Crippen molar-refractivity contribution in [2.45, 2.75) is 38.1 Å². The van der Waals surface area contributed by atoms with Crippen LogP contribution in [0.4, 0.5) is 5.13 Å². The largest absolute Gasteiger partial charge is 0.494 e. The second-order valence-corrected chi connectivity index (χ2v) is 9.80. The first-order valence-electron chi connectivity index (χ1n) is 11.1. The standard InChI is InChI=1S/C26H27N3O2S2/c1-3-31-21-11-14-23-24(17-21)33-26(28-23)29(18-20-7-4-5-15-27-20)25(30)8-6-16-32-22-12-9-19(2)10-13-22/h4-5,7,9-15,17H,3,6,8,16,18H2,1-2H3. The fourth-order valence-corrected chi connectivity index (χ4v) is 5.23. The van der Waals surface area contributed by atoms with Gasteiger partial charge in [-0.25, -0.2) is 4.98 Å². The zero-order chi connectivity index (χ0) is 23.0. The van der Waals surface area contributed by atoms with Crippen molar-refractivity contribution in [2.75, 3.05) is 17.3 Å². The van der Waals surface area contributed by atoms with E-state index in [4.69, 9.17) is 9.72 Å². The average molecular weight is 478 g/mol. The van der Waals surface area contributed by atoms with E-state index >= 15 is 0 Å². The van der Waals surface area contributed by atoms with Crippen molar-refractivity contribution in [3.8, 4) is 5.75 Å². The van der Waals surface area contributed by atoms with Gasteiger partial charge < -0.3 is 4.74 Å². The molecule has 7 heteroatoms. The Hall–Kier alpha value is -2.90. The number of pyridine rings is 1. The molecule has 2 aromatic heterocycles. The Labute approximate surface area is 202 Å². The first kappa shape index (κ1) is 23.3. The van der Waals surface area contributed by atoms with Gasteiger partial charge in [0.1, 0.15) is 5.75 Å². The van der Waals surface area contributed by atoms with Crippen molar-refractivity contribution >= 4 is 44.4 Å². The van der Waals surface area contributed by atoms with Gasteiger partial charge in [0.05, 0.1) is 29.1 Å². The number of ether oxygens (including phenoxy) is 1. The molecule has 0 aliphatic heterocycles. The third-order valence-electron chi connectivity index (χ3n) is 5.06. The number of benzene rings is 2. The predicted octanol–water partition coefficient (Wildman–Crippen LogP) is 6.50. The highest BCUT2D eigenvalue weighted by Gasteiger charge is 2.20. The summed E-state index contributed by atoms with van der Waals surface area (Å²) < 4.78 is 6.63. The molecule has 0 fully saturated rings. The number of aryl methyl sites for hydroxylation is 1. The highest BCUT2D eigenvalue weighted by atomic mass is 32.2. The molecule has 0 N–H and O–H groups in total. The molecule has 0 spiro atoms. The van der Waals surface area contributed by atoms with Gasteiger partial charge in [-0.1, -0.05) is 35.1 Å². The summed E-state index contributed by atoms with van der Waals surface area (Å²) in [6.45, 7) is 5.07. The molecule has 0 saturated heterocycles. The predicted molar refractivity (Wildman–Crippen MR) is 137 cm³/mol. The van der Waals surface area contributed by atoms with E-state index in [2.05, 4.69) is 36.2 Å². The molecule has 0 atom stereocenters. The lowest BCUT2D eigenvalue weighted by Gasteiger charge is -2.19. The number of nitrogens with zero attached hydrogens (tertiary/aromatic N) is 3. The molecule has 0 unspecified atom stereocenters. The van der Waals surface area contributed by atoms with Gasteiger partial charge in [0.2, 0.25) is 5.91 Å². The lowest BCUT2D eigenvalue weighted by atomic mass is 10.2. The maximum Gasteiger partial charge on any atom is 0.229 e. The van der Waals surface area contributed by atoms with Crippen LogP contribution in [-0.2, 0) is 11.3 Å². The summed E-state index contributed by atoms with van der Waals surface area (Å²) in [6, 6.07) is 20.1. The first-order valence-corrected chi connectivity index (χ1v) is 12.9. The van der Waals surface area contributed by atoms with Gasteiger partial charge in [0.25, 0.3) is 0 Å². The number of aromatic nitrogens is 2. The number of thiazole rings is 1. The van der Waals surface area contributed by atoms with Crippen LogP contribution in [0.25, 0.3) is 10.2 Å². The Bertz CT molecular complexity index is 1190. The van der Waals surface area contributed by atoms with Crippen LogP contribution >= 0.6 is 23.1 Å². The number of rotatable bonds is 10. The third-order valence-corrected chi connectivity index (χ3v) is 7.20. The number of carbonyl (C=O) groups is 1. The fourth-order valence-electron chi connectivity index (χ4n) is 3.36. The molecule has 5 nitrogen and oxygen atoms in total. The topological polar surface area (TPSA) is 55.3 Å². The van der Waals surface area contributed by atoms with Gasteiger partial charge in [-0.2, -0.15) is 0 Å². The minimum Gasteiger partial charge on any atom is -0.494 e. The number of amides is 1. The summed E-state index contributed by atoms with van der Waals surface area (Å²) in [7, 11) is 0. The van der Waals surface area contributed by atoms with Crippen molar-refractivity contribution < 1.29 is 9.53 Å². The average Bonchev–Trinajstić information content (AvgIpc) is 3.25. The summed E-state index contributed by atoms with van der Waals surface area (Å²) in [6.07, 6.45) is 3.02. The molecule has 0 bridgehead atoms. The highest BCUT2D eigenvalue weighted by molar-refractivity contribution is 7.99. The summed E-state index contributed by atoms with van der Waals surface area (Å²) in [5, 5.41) is 0.695. The number of fused-ring (bicyclic) bond motifs is 1. The van der Waals surface area contributed by atoms with E-state index in [1.165, 1.54) is 21.8 Å². The van der Waals surface area contributed by atoms with Crippen LogP contribution in [0.1, 0.15) is 31.0 Å². The summed E-state index contributed by atoms with van der Waals surface area (Å²) in [5.74, 6) is 1.77. The number of hydrogen-bond donors (Lipinski definition) is 0. The molecule has 0 radical (unpaired) electrons. The lowest BCUT2D eigenvalue weighted by Crippen LogP contribution is -2.30. The molecule has 1 amide bonds. The number of hydrogen-bond acceptors (Lipinski definition) is 6. The Morgan fingerprint density at radius 3 is 2.73 bits per heavy atom. The SMILES string of the molecule is CCOc1ccc2nc(N(Cc3ccccn3)C(=O)CCCSc3ccc(C)cc3)sc2c1. The van der Waals surface area contributed by atoms with Crippen LogP contribution in [0.5, 0.6) is 5.75 Å². The normalized spacial score (nSPS) is 11.0. The van der Waals surface area contributed by atoms with E-state index in [-0.39, 0.29) is 5.91 Å². The smallest absolute Gasteiger partial charge is 0.229 e. The molecular formula is C26H27N3O2S2. The summed E-state index contributed by atoms with van der Waals surface area (Å²) >= 11 is 3.29. The molecule has 4 rings (SSSR count). The molecule has 0 saturated carbocycles. The minimum atomic E-state index is 0.0641. The van der Waals surface area contributed by atoms with Gasteiger partial charge in [-0.15, -0.1) is 11.8 Å². The zero-order valence-electron chi connectivity index (χ0n) is 18.9. The minimum absolute atomic E-state index is 0.0641. The van der Waals surface area contributed by atoms with Crippen LogP contribution in [0.3, 0.4) is 0 Å². The van der Waals surface area contributed by atoms with Crippen LogP contribution in [0.15, 0.2) is 71.8 Å². The molecule has 0 aliphatic rings. The van der Waals surface area contributed by atoms with Crippen molar-refractivity contribution in [1.82, 2.24) is 9.97 Å². The molecule has 2 heterocycles. The summed E-state index contributed by atoms with van der Waals surface area (Å²) in [5.41, 5.74) is 2.96. The van der Waals surface area contributed by atoms with E-state index in [1.54, 1.807) is 22.9 Å². The van der Waals surface area contributed by atoms with Crippen LogP contribution in [0.2, 0.25) is 0 Å². The Balaban J connectivity index is 1.47. The van der Waals surface area contributed by atoms with Crippen molar-refractivity contribution in [2.24, 2.45) is 0 Å². The highest BCUT2D eigenvalue weighted by Crippen LogP contribution is 2.33. The van der Waals surface area contributed by atoms with Crippen molar-refractivity contribution in [1.29, 1.82) is 0 Å². The van der Waals surface area contributed by atoms with Gasteiger partial charge in [-0.3, -0.25) is 14.7 Å². The Morgan fingerprint density at radius 1 is 1.12 bits per heavy atom. The quantitative estimate of drug-likeness (QED) is 0.193. The second kappa shape index (κ2) is 11.3. The number of anilines is 1. The van der Waals surface area contributed by atoms with Crippen LogP contribution in [-0.4, -0.2) is 28.2 Å².